The van der Waals surface area contributed by atoms with Gasteiger partial charge in [-0.25, -0.2) is 4.39 Å². The van der Waals surface area contributed by atoms with Crippen LogP contribution in [0.4, 0.5) is 4.39 Å². The lowest BCUT2D eigenvalue weighted by atomic mass is 10.1. The normalized spacial score (nSPS) is 11.7. The minimum Gasteiger partial charge on any atom is -0.331 e. The highest BCUT2D eigenvalue weighted by Gasteiger charge is 2.29. The lowest BCUT2D eigenvalue weighted by Crippen LogP contribution is -2.38. The zero-order valence-electron chi connectivity index (χ0n) is 9.12. The summed E-state index contributed by atoms with van der Waals surface area (Å²) in [6.07, 6.45) is 0.328. The molecule has 0 aliphatic heterocycles. The Hall–Kier alpha value is -0.970. The van der Waals surface area contributed by atoms with E-state index in [1.54, 1.807) is 12.1 Å². The van der Waals surface area contributed by atoms with E-state index in [1.807, 2.05) is 0 Å². The minimum atomic E-state index is -1.15. The molecule has 0 bridgehead atoms. The number of rotatable bonds is 5. The summed E-state index contributed by atoms with van der Waals surface area (Å²) in [5.74, 6) is -1.43. The highest BCUT2D eigenvalue weighted by molar-refractivity contribution is 5.17. The Morgan fingerprint density at radius 3 is 2.20 bits per heavy atom. The summed E-state index contributed by atoms with van der Waals surface area (Å²) >= 11 is 0. The van der Waals surface area contributed by atoms with Crippen molar-refractivity contribution in [3.05, 3.63) is 35.6 Å². The van der Waals surface area contributed by atoms with Crippen LogP contribution in [0.5, 0.6) is 0 Å². The molecule has 84 valence electrons. The van der Waals surface area contributed by atoms with Gasteiger partial charge in [-0.15, -0.1) is 0 Å². The van der Waals surface area contributed by atoms with Crippen LogP contribution in [-0.4, -0.2) is 27.3 Å². The number of methoxy groups -OCH3 is 3. The molecule has 1 aromatic carbocycles. The van der Waals surface area contributed by atoms with Crippen molar-refractivity contribution in [1.82, 2.24) is 0 Å². The van der Waals surface area contributed by atoms with Gasteiger partial charge in [0.2, 0.25) is 0 Å². The van der Waals surface area contributed by atoms with Gasteiger partial charge in [0.25, 0.3) is 5.97 Å². The Balaban J connectivity index is 2.82. The Morgan fingerprint density at radius 1 is 1.13 bits per heavy atom. The van der Waals surface area contributed by atoms with Crippen LogP contribution in [0.25, 0.3) is 0 Å². The highest BCUT2D eigenvalue weighted by atomic mass is 19.1. The second-order valence-electron chi connectivity index (χ2n) is 3.10. The van der Waals surface area contributed by atoms with Gasteiger partial charge in [0.15, 0.2) is 0 Å². The van der Waals surface area contributed by atoms with Gasteiger partial charge in [-0.3, -0.25) is 0 Å². The Bertz CT molecular complexity index is 302. The fraction of sp³-hybridized carbons (Fsp3) is 0.455. The monoisotopic (exact) mass is 214 g/mol. The number of ether oxygens (including phenoxy) is 3. The molecule has 1 aromatic rings. The predicted molar refractivity (Wildman–Crippen MR) is 53.9 cm³/mol. The zero-order valence-corrected chi connectivity index (χ0v) is 9.12. The van der Waals surface area contributed by atoms with E-state index in [1.165, 1.54) is 33.5 Å². The molecule has 0 saturated heterocycles. The lowest BCUT2D eigenvalue weighted by Gasteiger charge is -2.28. The van der Waals surface area contributed by atoms with Crippen molar-refractivity contribution in [2.24, 2.45) is 0 Å². The zero-order chi connectivity index (χ0) is 11.3. The van der Waals surface area contributed by atoms with E-state index >= 15 is 0 Å². The molecule has 0 fully saturated rings. The third kappa shape index (κ3) is 2.99. The van der Waals surface area contributed by atoms with Crippen molar-refractivity contribution in [3.8, 4) is 0 Å². The lowest BCUT2D eigenvalue weighted by molar-refractivity contribution is -0.350. The third-order valence-electron chi connectivity index (χ3n) is 2.24. The van der Waals surface area contributed by atoms with E-state index in [2.05, 4.69) is 0 Å². The molecule has 0 unspecified atom stereocenters. The maximum absolute atomic E-state index is 12.9. The molecule has 0 amide bonds. The first kappa shape index (κ1) is 12.1. The summed E-state index contributed by atoms with van der Waals surface area (Å²) < 4.78 is 28.3. The summed E-state index contributed by atoms with van der Waals surface area (Å²) in [7, 11) is 4.44. The quantitative estimate of drug-likeness (QED) is 0.701. The summed E-state index contributed by atoms with van der Waals surface area (Å²) in [6, 6.07) is 6.23. The molecule has 0 heterocycles. The maximum Gasteiger partial charge on any atom is 0.286 e. The van der Waals surface area contributed by atoms with Crippen molar-refractivity contribution in [2.45, 2.75) is 12.4 Å². The summed E-state index contributed by atoms with van der Waals surface area (Å²) in [5, 5.41) is 0. The van der Waals surface area contributed by atoms with Gasteiger partial charge < -0.3 is 14.2 Å². The first-order chi connectivity index (χ1) is 7.15. The van der Waals surface area contributed by atoms with Gasteiger partial charge in [0.1, 0.15) is 5.82 Å². The molecule has 0 spiro atoms. The summed E-state index contributed by atoms with van der Waals surface area (Å²) in [6.45, 7) is 0. The van der Waals surface area contributed by atoms with Crippen molar-refractivity contribution in [3.63, 3.8) is 0 Å². The van der Waals surface area contributed by atoms with Gasteiger partial charge in [-0.05, 0) is 17.7 Å². The van der Waals surface area contributed by atoms with Crippen LogP contribution in [-0.2, 0) is 20.6 Å². The maximum atomic E-state index is 12.9. The van der Waals surface area contributed by atoms with Gasteiger partial charge in [-0.2, -0.15) is 0 Å². The Labute approximate surface area is 88.8 Å². The van der Waals surface area contributed by atoms with Crippen LogP contribution in [0.1, 0.15) is 5.56 Å². The molecule has 0 N–H and O–H groups in total. The average molecular weight is 214 g/mol. The van der Waals surface area contributed by atoms with Crippen LogP contribution in [0, 0.1) is 5.82 Å². The van der Waals surface area contributed by atoms with Gasteiger partial charge >= 0.3 is 0 Å². The largest absolute Gasteiger partial charge is 0.331 e. The van der Waals surface area contributed by atoms with Crippen molar-refractivity contribution < 1.29 is 18.6 Å². The van der Waals surface area contributed by atoms with Gasteiger partial charge in [-0.1, -0.05) is 12.1 Å². The average Bonchev–Trinajstić information content (AvgIpc) is 2.26. The fourth-order valence-corrected chi connectivity index (χ4v) is 1.36. The van der Waals surface area contributed by atoms with Crippen LogP contribution in [0.3, 0.4) is 0 Å². The van der Waals surface area contributed by atoms with E-state index < -0.39 is 5.97 Å². The second-order valence-corrected chi connectivity index (χ2v) is 3.10. The van der Waals surface area contributed by atoms with E-state index in [9.17, 15) is 4.39 Å². The molecule has 1 rings (SSSR count). The van der Waals surface area contributed by atoms with Crippen molar-refractivity contribution >= 4 is 0 Å². The summed E-state index contributed by atoms with van der Waals surface area (Å²) in [4.78, 5) is 0. The van der Waals surface area contributed by atoms with Crippen LogP contribution in [0.15, 0.2) is 24.3 Å². The standard InChI is InChI=1S/C11H15FO3/c1-13-11(14-2,15-3)8-9-5-4-6-10(12)7-9/h4-7H,8H2,1-3H3. The second kappa shape index (κ2) is 5.21. The summed E-state index contributed by atoms with van der Waals surface area (Å²) in [5.41, 5.74) is 0.751. The van der Waals surface area contributed by atoms with E-state index in [0.29, 0.717) is 6.42 Å². The van der Waals surface area contributed by atoms with E-state index in [4.69, 9.17) is 14.2 Å². The number of halogens is 1. The first-order valence-corrected chi connectivity index (χ1v) is 4.55. The van der Waals surface area contributed by atoms with Gasteiger partial charge in [0, 0.05) is 21.3 Å². The molecular formula is C11H15FO3. The van der Waals surface area contributed by atoms with Crippen molar-refractivity contribution in [2.75, 3.05) is 21.3 Å². The number of hydrogen-bond donors (Lipinski definition) is 0. The van der Waals surface area contributed by atoms with E-state index in [0.717, 1.165) is 5.56 Å². The molecule has 0 saturated carbocycles. The first-order valence-electron chi connectivity index (χ1n) is 4.55. The molecule has 0 atom stereocenters. The van der Waals surface area contributed by atoms with Crippen LogP contribution < -0.4 is 0 Å². The fourth-order valence-electron chi connectivity index (χ4n) is 1.36. The molecule has 4 heteroatoms. The van der Waals surface area contributed by atoms with Crippen LogP contribution in [0.2, 0.25) is 0 Å². The number of benzene rings is 1. The smallest absolute Gasteiger partial charge is 0.286 e. The molecular weight excluding hydrogens is 199 g/mol. The van der Waals surface area contributed by atoms with E-state index in [-0.39, 0.29) is 5.82 Å². The molecule has 15 heavy (non-hydrogen) atoms. The molecule has 3 nitrogen and oxygen atoms in total. The Morgan fingerprint density at radius 2 is 1.73 bits per heavy atom. The molecule has 0 aliphatic rings. The Kier molecular flexibility index (Phi) is 4.20. The molecule has 0 aromatic heterocycles. The third-order valence-corrected chi connectivity index (χ3v) is 2.24. The van der Waals surface area contributed by atoms with Crippen LogP contribution >= 0.6 is 0 Å². The van der Waals surface area contributed by atoms with Gasteiger partial charge in [0.05, 0.1) is 6.42 Å². The SMILES string of the molecule is COC(Cc1cccc(F)c1)(OC)OC. The molecule has 0 aliphatic carbocycles. The van der Waals surface area contributed by atoms with Crippen molar-refractivity contribution in [1.29, 1.82) is 0 Å². The number of hydrogen-bond acceptors (Lipinski definition) is 3. The minimum absolute atomic E-state index is 0.287. The highest BCUT2D eigenvalue weighted by Crippen LogP contribution is 2.19. The molecule has 0 radical (unpaired) electrons. The topological polar surface area (TPSA) is 27.7 Å². The predicted octanol–water partition coefficient (Wildman–Crippen LogP) is 1.96.